The average molecular weight is 370 g/mol. The number of rotatable bonds is 6. The highest BCUT2D eigenvalue weighted by Gasteiger charge is 2.51. The molecule has 1 aromatic heterocycles. The number of hydrogen-bond acceptors (Lipinski definition) is 3. The molecule has 0 saturated heterocycles. The summed E-state index contributed by atoms with van der Waals surface area (Å²) >= 11 is 0. The summed E-state index contributed by atoms with van der Waals surface area (Å²) in [5.74, 6) is -0.253. The van der Waals surface area contributed by atoms with E-state index in [9.17, 15) is 9.18 Å². The fraction of sp³-hybridized carbons (Fsp3) is 0.524. The van der Waals surface area contributed by atoms with Crippen LogP contribution in [0.4, 0.5) is 4.39 Å². The first-order valence-corrected chi connectivity index (χ1v) is 9.93. The summed E-state index contributed by atoms with van der Waals surface area (Å²) in [6, 6.07) is 8.42. The zero-order valence-electron chi connectivity index (χ0n) is 15.9. The molecule has 2 aliphatic rings. The maximum absolute atomic E-state index is 13.2. The van der Waals surface area contributed by atoms with Gasteiger partial charge in [0.05, 0.1) is 23.3 Å². The van der Waals surface area contributed by atoms with Crippen molar-refractivity contribution in [2.24, 2.45) is 0 Å². The molecule has 1 amide bonds. The van der Waals surface area contributed by atoms with Crippen LogP contribution in [0.2, 0.25) is 0 Å². The Kier molecular flexibility index (Phi) is 5.00. The number of fused-ring (bicyclic) bond motifs is 1. The Morgan fingerprint density at radius 2 is 2.04 bits per heavy atom. The molecule has 1 saturated carbocycles. The van der Waals surface area contributed by atoms with Crippen LogP contribution in [-0.4, -0.2) is 33.7 Å². The van der Waals surface area contributed by atoms with Gasteiger partial charge >= 0.3 is 0 Å². The number of aromatic nitrogens is 2. The van der Waals surface area contributed by atoms with Gasteiger partial charge in [0, 0.05) is 19.6 Å². The average Bonchev–Trinajstić information content (AvgIpc) is 3.41. The van der Waals surface area contributed by atoms with Gasteiger partial charge in [-0.3, -0.25) is 14.4 Å². The molecule has 2 heterocycles. The lowest BCUT2D eigenvalue weighted by Crippen LogP contribution is -2.34. The Balaban J connectivity index is 1.40. The number of halogens is 1. The first kappa shape index (κ1) is 18.2. The second-order valence-corrected chi connectivity index (χ2v) is 7.75. The third kappa shape index (κ3) is 3.76. The minimum absolute atomic E-state index is 0.0184. The van der Waals surface area contributed by atoms with Crippen molar-refractivity contribution in [1.82, 2.24) is 20.0 Å². The van der Waals surface area contributed by atoms with Crippen molar-refractivity contribution in [3.05, 3.63) is 53.1 Å². The van der Waals surface area contributed by atoms with Crippen LogP contribution in [0.3, 0.4) is 0 Å². The number of aryl methyl sites for hydroxylation is 1. The van der Waals surface area contributed by atoms with Crippen molar-refractivity contribution in [1.29, 1.82) is 0 Å². The van der Waals surface area contributed by atoms with Crippen molar-refractivity contribution in [2.45, 2.75) is 57.7 Å². The van der Waals surface area contributed by atoms with E-state index in [1.54, 1.807) is 12.1 Å². The van der Waals surface area contributed by atoms with E-state index in [0.717, 1.165) is 63.1 Å². The third-order valence-corrected chi connectivity index (χ3v) is 5.70. The Morgan fingerprint density at radius 3 is 2.74 bits per heavy atom. The fourth-order valence-electron chi connectivity index (χ4n) is 4.06. The van der Waals surface area contributed by atoms with E-state index in [2.05, 4.69) is 33.0 Å². The summed E-state index contributed by atoms with van der Waals surface area (Å²) in [6.45, 7) is 6.73. The maximum atomic E-state index is 13.2. The van der Waals surface area contributed by atoms with Gasteiger partial charge in [-0.05, 0) is 56.0 Å². The van der Waals surface area contributed by atoms with Crippen LogP contribution < -0.4 is 5.32 Å². The lowest BCUT2D eigenvalue weighted by molar-refractivity contribution is -0.123. The number of nitrogens with zero attached hydrogens (tertiary/aromatic N) is 3. The topological polar surface area (TPSA) is 50.2 Å². The zero-order valence-corrected chi connectivity index (χ0v) is 15.9. The largest absolute Gasteiger partial charge is 0.350 e. The molecule has 1 aliphatic heterocycles. The molecule has 1 fully saturated rings. The molecule has 0 unspecified atom stereocenters. The van der Waals surface area contributed by atoms with Crippen molar-refractivity contribution in [2.75, 3.05) is 13.1 Å². The molecule has 5 nitrogen and oxygen atoms in total. The van der Waals surface area contributed by atoms with Crippen LogP contribution in [0.5, 0.6) is 0 Å². The van der Waals surface area contributed by atoms with Crippen LogP contribution in [0.15, 0.2) is 30.3 Å². The van der Waals surface area contributed by atoms with Crippen LogP contribution in [-0.2, 0) is 29.8 Å². The molecule has 2 aromatic rings. The van der Waals surface area contributed by atoms with Crippen molar-refractivity contribution < 1.29 is 9.18 Å². The van der Waals surface area contributed by atoms with Crippen LogP contribution in [0.25, 0.3) is 0 Å². The maximum Gasteiger partial charge on any atom is 0.230 e. The standard InChI is InChI=1S/C21H27FN4O/c1-2-10-25-11-3-12-26-19(15-25)13-18(24-26)14-23-20(27)21(8-9-21)16-4-6-17(22)7-5-16/h4-7,13H,2-3,8-12,14-15H2,1H3,(H,23,27). The normalized spacial score (nSPS) is 18.6. The lowest BCUT2D eigenvalue weighted by atomic mass is 9.95. The molecule has 0 spiro atoms. The number of benzene rings is 1. The highest BCUT2D eigenvalue weighted by Crippen LogP contribution is 2.48. The predicted octanol–water partition coefficient (Wildman–Crippen LogP) is 2.99. The molecule has 0 atom stereocenters. The van der Waals surface area contributed by atoms with Crippen LogP contribution in [0, 0.1) is 5.82 Å². The van der Waals surface area contributed by atoms with E-state index < -0.39 is 5.41 Å². The van der Waals surface area contributed by atoms with Crippen molar-refractivity contribution in [3.63, 3.8) is 0 Å². The molecule has 1 aromatic carbocycles. The predicted molar refractivity (Wildman–Crippen MR) is 102 cm³/mol. The monoisotopic (exact) mass is 370 g/mol. The number of nitrogens with one attached hydrogen (secondary N) is 1. The summed E-state index contributed by atoms with van der Waals surface area (Å²) in [5.41, 5.74) is 2.55. The van der Waals surface area contributed by atoms with Gasteiger partial charge in [0.15, 0.2) is 0 Å². The first-order chi connectivity index (χ1) is 13.1. The van der Waals surface area contributed by atoms with E-state index >= 15 is 0 Å². The van der Waals surface area contributed by atoms with Gasteiger partial charge in [0.2, 0.25) is 5.91 Å². The van der Waals surface area contributed by atoms with Crippen LogP contribution in [0.1, 0.15) is 49.6 Å². The summed E-state index contributed by atoms with van der Waals surface area (Å²) in [5, 5.41) is 7.74. The van der Waals surface area contributed by atoms with Gasteiger partial charge in [-0.15, -0.1) is 0 Å². The van der Waals surface area contributed by atoms with Gasteiger partial charge < -0.3 is 5.32 Å². The van der Waals surface area contributed by atoms with Gasteiger partial charge in [-0.2, -0.15) is 5.10 Å². The molecule has 0 bridgehead atoms. The van der Waals surface area contributed by atoms with Gasteiger partial charge in [0.1, 0.15) is 5.82 Å². The number of carbonyl (C=O) groups is 1. The highest BCUT2D eigenvalue weighted by atomic mass is 19.1. The highest BCUT2D eigenvalue weighted by molar-refractivity contribution is 5.91. The molecule has 6 heteroatoms. The molecule has 27 heavy (non-hydrogen) atoms. The minimum Gasteiger partial charge on any atom is -0.350 e. The summed E-state index contributed by atoms with van der Waals surface area (Å²) in [4.78, 5) is 15.2. The Morgan fingerprint density at radius 1 is 1.26 bits per heavy atom. The first-order valence-electron chi connectivity index (χ1n) is 9.93. The molecule has 4 rings (SSSR count). The Hall–Kier alpha value is -2.21. The summed E-state index contributed by atoms with van der Waals surface area (Å²) < 4.78 is 15.3. The molecule has 1 N–H and O–H groups in total. The molecular formula is C21H27FN4O. The fourth-order valence-corrected chi connectivity index (χ4v) is 4.06. The van der Waals surface area contributed by atoms with E-state index in [1.165, 1.54) is 17.8 Å². The summed E-state index contributed by atoms with van der Waals surface area (Å²) in [7, 11) is 0. The number of carbonyl (C=O) groups excluding carboxylic acids is 1. The van der Waals surface area contributed by atoms with Crippen LogP contribution >= 0.6 is 0 Å². The van der Waals surface area contributed by atoms with Gasteiger partial charge in [-0.25, -0.2) is 4.39 Å². The quantitative estimate of drug-likeness (QED) is 0.850. The second-order valence-electron chi connectivity index (χ2n) is 7.75. The molecule has 0 radical (unpaired) electrons. The summed E-state index contributed by atoms with van der Waals surface area (Å²) in [6.07, 6.45) is 3.89. The third-order valence-electron chi connectivity index (χ3n) is 5.70. The smallest absolute Gasteiger partial charge is 0.230 e. The zero-order chi connectivity index (χ0) is 18.9. The van der Waals surface area contributed by atoms with Gasteiger partial charge in [-0.1, -0.05) is 19.1 Å². The minimum atomic E-state index is -0.484. The Bertz CT molecular complexity index is 810. The van der Waals surface area contributed by atoms with E-state index in [1.807, 2.05) is 0 Å². The molecular weight excluding hydrogens is 343 g/mol. The van der Waals surface area contributed by atoms with Crippen molar-refractivity contribution in [3.8, 4) is 0 Å². The Labute approximate surface area is 159 Å². The number of hydrogen-bond donors (Lipinski definition) is 1. The second kappa shape index (κ2) is 7.43. The van der Waals surface area contributed by atoms with E-state index in [-0.39, 0.29) is 11.7 Å². The lowest BCUT2D eigenvalue weighted by Gasteiger charge is -2.17. The van der Waals surface area contributed by atoms with Gasteiger partial charge in [0.25, 0.3) is 0 Å². The number of amides is 1. The molecule has 144 valence electrons. The SMILES string of the molecule is CCCN1CCCn2nc(CNC(=O)C3(c4ccc(F)cc4)CC3)cc2C1. The van der Waals surface area contributed by atoms with E-state index in [0.29, 0.717) is 6.54 Å². The van der Waals surface area contributed by atoms with Crippen molar-refractivity contribution >= 4 is 5.91 Å². The molecule has 1 aliphatic carbocycles. The van der Waals surface area contributed by atoms with E-state index in [4.69, 9.17) is 0 Å².